The molecule has 0 aliphatic heterocycles. The number of rotatable bonds is 4. The second-order valence-corrected chi connectivity index (χ2v) is 7.98. The molecule has 0 fully saturated rings. The molecule has 1 aliphatic rings. The van der Waals surface area contributed by atoms with Gasteiger partial charge < -0.3 is 0 Å². The van der Waals surface area contributed by atoms with Gasteiger partial charge >= 0.3 is 0 Å². The largest absolute Gasteiger partial charge is 0.118 e. The first-order valence-corrected chi connectivity index (χ1v) is 8.04. The average molecular weight is 279 g/mol. The Morgan fingerprint density at radius 3 is 2.53 bits per heavy atom. The van der Waals surface area contributed by atoms with Gasteiger partial charge in [0.15, 0.2) is 0 Å². The number of benzene rings is 1. The molecule has 19 heavy (non-hydrogen) atoms. The Morgan fingerprint density at radius 2 is 1.84 bits per heavy atom. The van der Waals surface area contributed by atoms with Crippen LogP contribution in [0.4, 0.5) is 0 Å². The molecule has 0 amide bonds. The number of hydrogen-bond acceptors (Lipinski definition) is 0. The highest BCUT2D eigenvalue weighted by Gasteiger charge is 2.20. The molecule has 2 unspecified atom stereocenters. The summed E-state index contributed by atoms with van der Waals surface area (Å²) in [4.78, 5) is 0. The second-order valence-electron chi connectivity index (χ2n) is 7.45. The number of hydrogen-bond donors (Lipinski definition) is 0. The van der Waals surface area contributed by atoms with Crippen LogP contribution in [0.25, 0.3) is 0 Å². The molecule has 0 bridgehead atoms. The molecular weight excluding hydrogens is 252 g/mol. The van der Waals surface area contributed by atoms with E-state index in [0.29, 0.717) is 11.3 Å². The third kappa shape index (κ3) is 4.24. The maximum absolute atomic E-state index is 6.63. The van der Waals surface area contributed by atoms with Crippen molar-refractivity contribution in [1.82, 2.24) is 0 Å². The van der Waals surface area contributed by atoms with Crippen molar-refractivity contribution in [3.8, 4) is 0 Å². The number of aryl methyl sites for hydroxylation is 2. The van der Waals surface area contributed by atoms with Crippen LogP contribution in [0.15, 0.2) is 18.2 Å². The smallest absolute Gasteiger partial charge is 0.0587 e. The molecule has 2 rings (SSSR count). The van der Waals surface area contributed by atoms with E-state index < -0.39 is 0 Å². The standard InChI is InChI=1S/C18H27Cl/c1-13(12-18(2,3)4)10-17(19)16-9-8-14-6-5-7-15(14)11-16/h8-9,11,13,17H,5-7,10,12H2,1-4H3. The van der Waals surface area contributed by atoms with Gasteiger partial charge in [-0.05, 0) is 60.1 Å². The van der Waals surface area contributed by atoms with Crippen molar-refractivity contribution >= 4 is 11.6 Å². The summed E-state index contributed by atoms with van der Waals surface area (Å²) in [5.41, 5.74) is 4.79. The minimum Gasteiger partial charge on any atom is -0.118 e. The van der Waals surface area contributed by atoms with Gasteiger partial charge in [-0.1, -0.05) is 45.9 Å². The van der Waals surface area contributed by atoms with Gasteiger partial charge in [-0.25, -0.2) is 0 Å². The minimum atomic E-state index is 0.170. The zero-order chi connectivity index (χ0) is 14.0. The van der Waals surface area contributed by atoms with Crippen molar-refractivity contribution in [3.63, 3.8) is 0 Å². The summed E-state index contributed by atoms with van der Waals surface area (Å²) in [5, 5.41) is 0.170. The van der Waals surface area contributed by atoms with Crippen LogP contribution in [0.1, 0.15) is 69.0 Å². The van der Waals surface area contributed by atoms with Gasteiger partial charge in [-0.2, -0.15) is 0 Å². The molecule has 1 aromatic rings. The van der Waals surface area contributed by atoms with Crippen molar-refractivity contribution in [3.05, 3.63) is 34.9 Å². The van der Waals surface area contributed by atoms with Gasteiger partial charge in [-0.3, -0.25) is 0 Å². The fourth-order valence-electron chi connectivity index (χ4n) is 3.40. The Labute approximate surface area is 123 Å². The summed E-state index contributed by atoms with van der Waals surface area (Å²) < 4.78 is 0. The number of halogens is 1. The lowest BCUT2D eigenvalue weighted by Crippen LogP contribution is -2.12. The highest BCUT2D eigenvalue weighted by Crippen LogP contribution is 2.35. The van der Waals surface area contributed by atoms with Crippen LogP contribution in [0, 0.1) is 11.3 Å². The molecule has 2 atom stereocenters. The molecule has 0 radical (unpaired) electrons. The van der Waals surface area contributed by atoms with E-state index >= 15 is 0 Å². The van der Waals surface area contributed by atoms with Gasteiger partial charge in [0.25, 0.3) is 0 Å². The highest BCUT2D eigenvalue weighted by molar-refractivity contribution is 6.20. The Kier molecular flexibility index (Phi) is 4.61. The zero-order valence-corrected chi connectivity index (χ0v) is 13.6. The molecule has 0 aromatic heterocycles. The molecule has 0 spiro atoms. The lowest BCUT2D eigenvalue weighted by atomic mass is 9.83. The first-order chi connectivity index (χ1) is 8.85. The lowest BCUT2D eigenvalue weighted by molar-refractivity contribution is 0.295. The van der Waals surface area contributed by atoms with Gasteiger partial charge in [0.1, 0.15) is 0 Å². The molecule has 106 valence electrons. The van der Waals surface area contributed by atoms with Crippen molar-refractivity contribution < 1.29 is 0 Å². The molecule has 0 saturated heterocycles. The molecule has 0 nitrogen and oxygen atoms in total. The zero-order valence-electron chi connectivity index (χ0n) is 12.8. The molecule has 1 heteroatoms. The third-order valence-corrected chi connectivity index (χ3v) is 4.48. The van der Waals surface area contributed by atoms with E-state index in [1.54, 1.807) is 0 Å². The maximum atomic E-state index is 6.63. The Hall–Kier alpha value is -0.490. The van der Waals surface area contributed by atoms with Gasteiger partial charge in [0, 0.05) is 0 Å². The predicted octanol–water partition coefficient (Wildman–Crippen LogP) is 5.92. The van der Waals surface area contributed by atoms with E-state index in [1.165, 1.54) is 42.4 Å². The molecule has 1 aromatic carbocycles. The summed E-state index contributed by atoms with van der Waals surface area (Å²) in [7, 11) is 0. The van der Waals surface area contributed by atoms with Crippen LogP contribution in [-0.4, -0.2) is 0 Å². The molecule has 0 N–H and O–H groups in total. The second kappa shape index (κ2) is 5.87. The Bertz CT molecular complexity index is 428. The van der Waals surface area contributed by atoms with Crippen LogP contribution in [-0.2, 0) is 12.8 Å². The van der Waals surface area contributed by atoms with Crippen LogP contribution in [0.2, 0.25) is 0 Å². The van der Waals surface area contributed by atoms with Gasteiger partial charge in [0.2, 0.25) is 0 Å². The van der Waals surface area contributed by atoms with Gasteiger partial charge in [-0.15, -0.1) is 11.6 Å². The topological polar surface area (TPSA) is 0 Å². The summed E-state index contributed by atoms with van der Waals surface area (Å²) in [6.07, 6.45) is 6.12. The van der Waals surface area contributed by atoms with Crippen LogP contribution in [0.3, 0.4) is 0 Å². The lowest BCUT2D eigenvalue weighted by Gasteiger charge is -2.25. The molecule has 0 heterocycles. The summed E-state index contributed by atoms with van der Waals surface area (Å²) >= 11 is 6.63. The fourth-order valence-corrected chi connectivity index (χ4v) is 3.84. The van der Waals surface area contributed by atoms with Crippen LogP contribution in [0.5, 0.6) is 0 Å². The summed E-state index contributed by atoms with van der Waals surface area (Å²) in [6.45, 7) is 9.25. The van der Waals surface area contributed by atoms with Crippen LogP contribution < -0.4 is 0 Å². The molecular formula is C18H27Cl. The van der Waals surface area contributed by atoms with E-state index in [-0.39, 0.29) is 5.38 Å². The fraction of sp³-hybridized carbons (Fsp3) is 0.667. The average Bonchev–Trinajstić information content (AvgIpc) is 2.72. The van der Waals surface area contributed by atoms with Crippen molar-refractivity contribution in [2.45, 2.75) is 65.2 Å². The van der Waals surface area contributed by atoms with E-state index in [2.05, 4.69) is 45.9 Å². The molecule has 1 aliphatic carbocycles. The van der Waals surface area contributed by atoms with E-state index in [1.807, 2.05) is 0 Å². The van der Waals surface area contributed by atoms with Crippen LogP contribution >= 0.6 is 11.6 Å². The maximum Gasteiger partial charge on any atom is 0.0587 e. The summed E-state index contributed by atoms with van der Waals surface area (Å²) in [5.74, 6) is 0.677. The Balaban J connectivity index is 1.98. The predicted molar refractivity (Wildman–Crippen MR) is 84.9 cm³/mol. The SMILES string of the molecule is CC(CC(Cl)c1ccc2c(c1)CCC2)CC(C)(C)C. The minimum absolute atomic E-state index is 0.170. The van der Waals surface area contributed by atoms with E-state index in [4.69, 9.17) is 11.6 Å². The first kappa shape index (κ1) is 14.9. The monoisotopic (exact) mass is 278 g/mol. The quantitative estimate of drug-likeness (QED) is 0.600. The Morgan fingerprint density at radius 1 is 1.16 bits per heavy atom. The molecule has 0 saturated carbocycles. The van der Waals surface area contributed by atoms with E-state index in [0.717, 1.165) is 6.42 Å². The van der Waals surface area contributed by atoms with Crippen molar-refractivity contribution in [2.24, 2.45) is 11.3 Å². The third-order valence-electron chi connectivity index (χ3n) is 4.05. The normalized spacial score (nSPS) is 18.2. The summed E-state index contributed by atoms with van der Waals surface area (Å²) in [6, 6.07) is 6.89. The number of alkyl halides is 1. The van der Waals surface area contributed by atoms with Crippen molar-refractivity contribution in [1.29, 1.82) is 0 Å². The highest BCUT2D eigenvalue weighted by atomic mass is 35.5. The van der Waals surface area contributed by atoms with E-state index in [9.17, 15) is 0 Å². The van der Waals surface area contributed by atoms with Crippen molar-refractivity contribution in [2.75, 3.05) is 0 Å². The number of fused-ring (bicyclic) bond motifs is 1. The van der Waals surface area contributed by atoms with Gasteiger partial charge in [0.05, 0.1) is 5.38 Å². The first-order valence-electron chi connectivity index (χ1n) is 7.61.